The molecule has 0 saturated carbocycles. The third-order valence-corrected chi connectivity index (χ3v) is 3.59. The Morgan fingerprint density at radius 3 is 2.92 bits per heavy atom. The summed E-state index contributed by atoms with van der Waals surface area (Å²) < 4.78 is 0. The van der Waals surface area contributed by atoms with Crippen LogP contribution in [-0.2, 0) is 0 Å². The van der Waals surface area contributed by atoms with E-state index >= 15 is 0 Å². The molecule has 1 rings (SSSR count). The molecule has 13 heavy (non-hydrogen) atoms. The number of nitrogens with one attached hydrogen (secondary N) is 1. The smallest absolute Gasteiger partial charge is 0.0677 e. The topological polar surface area (TPSA) is 38.0 Å². The van der Waals surface area contributed by atoms with Gasteiger partial charge in [-0.25, -0.2) is 0 Å². The second kappa shape index (κ2) is 4.64. The summed E-state index contributed by atoms with van der Waals surface area (Å²) in [5.41, 5.74) is 3.73. The van der Waals surface area contributed by atoms with E-state index in [0.29, 0.717) is 6.42 Å². The average molecular weight is 215 g/mol. The van der Waals surface area contributed by atoms with Crippen LogP contribution in [0.2, 0.25) is 5.02 Å². The molecule has 0 aliphatic rings. The lowest BCUT2D eigenvalue weighted by atomic mass is 10.1. The Hall–Kier alpha value is -0.530. The minimum atomic E-state index is -0.0313. The summed E-state index contributed by atoms with van der Waals surface area (Å²) in [7, 11) is 0. The third kappa shape index (κ3) is 2.23. The van der Waals surface area contributed by atoms with Crippen LogP contribution >= 0.6 is 22.9 Å². The molecule has 4 heteroatoms. The molecule has 1 heterocycles. The summed E-state index contributed by atoms with van der Waals surface area (Å²) in [6.07, 6.45) is 5.77. The maximum absolute atomic E-state index is 6.06. The van der Waals surface area contributed by atoms with E-state index in [4.69, 9.17) is 23.9 Å². The number of thiophene rings is 1. The number of nitrogens with two attached hydrogens (primary N) is 1. The van der Waals surface area contributed by atoms with Crippen LogP contribution in [0.25, 0.3) is 0 Å². The second-order valence-corrected chi connectivity index (χ2v) is 4.01. The highest BCUT2D eigenvalue weighted by atomic mass is 35.5. The van der Waals surface area contributed by atoms with Gasteiger partial charge in [0.15, 0.2) is 0 Å². The van der Waals surface area contributed by atoms with E-state index in [1.807, 2.05) is 12.3 Å². The van der Waals surface area contributed by atoms with Gasteiger partial charge in [0.1, 0.15) is 0 Å². The second-order valence-electron chi connectivity index (χ2n) is 2.72. The number of rotatable bonds is 3. The van der Waals surface area contributed by atoms with Gasteiger partial charge >= 0.3 is 0 Å². The Labute approximate surface area is 87.1 Å². The molecule has 0 saturated heterocycles. The highest BCUT2D eigenvalue weighted by molar-refractivity contribution is 7.10. The van der Waals surface area contributed by atoms with Crippen LogP contribution in [0, 0.1) is 19.3 Å². The summed E-state index contributed by atoms with van der Waals surface area (Å²) in [5, 5.41) is 2.77. The summed E-state index contributed by atoms with van der Waals surface area (Å²) in [6, 6.07) is -0.0313. The Morgan fingerprint density at radius 2 is 2.54 bits per heavy atom. The summed E-state index contributed by atoms with van der Waals surface area (Å²) >= 11 is 7.64. The molecule has 0 aromatic carbocycles. The van der Waals surface area contributed by atoms with E-state index in [0.717, 1.165) is 15.5 Å². The predicted molar refractivity (Wildman–Crippen MR) is 57.6 cm³/mol. The zero-order valence-corrected chi connectivity index (χ0v) is 8.88. The molecule has 0 amide bonds. The van der Waals surface area contributed by atoms with Gasteiger partial charge in [-0.15, -0.1) is 23.7 Å². The lowest BCUT2D eigenvalue weighted by Gasteiger charge is -2.11. The van der Waals surface area contributed by atoms with E-state index in [2.05, 4.69) is 11.3 Å². The van der Waals surface area contributed by atoms with Crippen LogP contribution in [0.5, 0.6) is 0 Å². The average Bonchev–Trinajstić information content (AvgIpc) is 2.45. The molecule has 1 atom stereocenters. The summed E-state index contributed by atoms with van der Waals surface area (Å²) in [4.78, 5) is 1.01. The monoisotopic (exact) mass is 214 g/mol. The van der Waals surface area contributed by atoms with E-state index in [9.17, 15) is 0 Å². The first-order chi connectivity index (χ1) is 6.20. The fourth-order valence-electron chi connectivity index (χ4n) is 1.03. The van der Waals surface area contributed by atoms with Crippen molar-refractivity contribution in [2.75, 3.05) is 0 Å². The van der Waals surface area contributed by atoms with Gasteiger partial charge in [0.2, 0.25) is 0 Å². The van der Waals surface area contributed by atoms with Gasteiger partial charge in [-0.1, -0.05) is 11.6 Å². The van der Waals surface area contributed by atoms with Crippen molar-refractivity contribution < 1.29 is 0 Å². The molecule has 0 aliphatic carbocycles. The van der Waals surface area contributed by atoms with Crippen LogP contribution < -0.4 is 11.3 Å². The normalized spacial score (nSPS) is 12.5. The molecule has 1 aromatic rings. The molecule has 0 bridgehead atoms. The largest absolute Gasteiger partial charge is 0.271 e. The quantitative estimate of drug-likeness (QED) is 0.460. The first kappa shape index (κ1) is 10.6. The van der Waals surface area contributed by atoms with Crippen molar-refractivity contribution in [3.63, 3.8) is 0 Å². The number of halogens is 1. The fraction of sp³-hybridized carbons (Fsp3) is 0.333. The molecule has 70 valence electrons. The standard InChI is InChI=1S/C9H11ClN2S/c1-3-4-7(12-11)9-8(10)6(2)5-13-9/h1,5,7,12H,4,11H2,2H3. The van der Waals surface area contributed by atoms with Crippen molar-refractivity contribution in [1.82, 2.24) is 5.43 Å². The zero-order valence-electron chi connectivity index (χ0n) is 7.30. The number of terminal acetylenes is 1. The highest BCUT2D eigenvalue weighted by Gasteiger charge is 2.15. The number of aryl methyl sites for hydroxylation is 1. The molecule has 1 aromatic heterocycles. The van der Waals surface area contributed by atoms with E-state index in [-0.39, 0.29) is 6.04 Å². The van der Waals surface area contributed by atoms with Crippen molar-refractivity contribution in [2.24, 2.45) is 5.84 Å². The van der Waals surface area contributed by atoms with Crippen molar-refractivity contribution in [3.05, 3.63) is 20.8 Å². The summed E-state index contributed by atoms with van der Waals surface area (Å²) in [5.74, 6) is 7.93. The minimum Gasteiger partial charge on any atom is -0.271 e. The molecular formula is C9H11ClN2S. The minimum absolute atomic E-state index is 0.0313. The molecule has 0 spiro atoms. The number of hydrazine groups is 1. The van der Waals surface area contributed by atoms with E-state index < -0.39 is 0 Å². The van der Waals surface area contributed by atoms with Gasteiger partial charge in [0, 0.05) is 11.3 Å². The maximum atomic E-state index is 6.06. The Balaban J connectivity index is 2.92. The SMILES string of the molecule is C#CCC(NN)c1scc(C)c1Cl. The van der Waals surface area contributed by atoms with E-state index in [1.165, 1.54) is 0 Å². The Kier molecular flexibility index (Phi) is 3.76. The first-order valence-electron chi connectivity index (χ1n) is 3.83. The predicted octanol–water partition coefficient (Wildman–Crippen LogP) is 2.24. The number of hydrogen-bond acceptors (Lipinski definition) is 3. The van der Waals surface area contributed by atoms with Crippen LogP contribution in [0.15, 0.2) is 5.38 Å². The number of hydrogen-bond donors (Lipinski definition) is 2. The highest BCUT2D eigenvalue weighted by Crippen LogP contribution is 2.33. The van der Waals surface area contributed by atoms with E-state index in [1.54, 1.807) is 11.3 Å². The molecule has 0 aliphatic heterocycles. The lowest BCUT2D eigenvalue weighted by molar-refractivity contribution is 0.577. The van der Waals surface area contributed by atoms with Crippen LogP contribution in [0.1, 0.15) is 22.9 Å². The Morgan fingerprint density at radius 1 is 1.85 bits per heavy atom. The first-order valence-corrected chi connectivity index (χ1v) is 5.09. The molecule has 0 radical (unpaired) electrons. The molecule has 2 nitrogen and oxygen atoms in total. The van der Waals surface area contributed by atoms with Gasteiger partial charge < -0.3 is 0 Å². The maximum Gasteiger partial charge on any atom is 0.0677 e. The molecule has 0 fully saturated rings. The molecular weight excluding hydrogens is 204 g/mol. The van der Waals surface area contributed by atoms with Crippen molar-refractivity contribution >= 4 is 22.9 Å². The van der Waals surface area contributed by atoms with Gasteiger partial charge in [0.25, 0.3) is 0 Å². The van der Waals surface area contributed by atoms with Crippen molar-refractivity contribution in [3.8, 4) is 12.3 Å². The van der Waals surface area contributed by atoms with Crippen LogP contribution in [0.4, 0.5) is 0 Å². The zero-order chi connectivity index (χ0) is 9.84. The lowest BCUT2D eigenvalue weighted by Crippen LogP contribution is -2.27. The van der Waals surface area contributed by atoms with Gasteiger partial charge in [0.05, 0.1) is 11.1 Å². The van der Waals surface area contributed by atoms with Crippen LogP contribution in [-0.4, -0.2) is 0 Å². The van der Waals surface area contributed by atoms with Crippen LogP contribution in [0.3, 0.4) is 0 Å². The third-order valence-electron chi connectivity index (χ3n) is 1.76. The molecule has 3 N–H and O–H groups in total. The van der Waals surface area contributed by atoms with Gasteiger partial charge in [-0.2, -0.15) is 0 Å². The van der Waals surface area contributed by atoms with Gasteiger partial charge in [-0.05, 0) is 17.9 Å². The summed E-state index contributed by atoms with van der Waals surface area (Å²) in [6.45, 7) is 1.96. The fourth-order valence-corrected chi connectivity index (χ4v) is 2.42. The Bertz CT molecular complexity index is 327. The van der Waals surface area contributed by atoms with Crippen molar-refractivity contribution in [1.29, 1.82) is 0 Å². The van der Waals surface area contributed by atoms with Gasteiger partial charge in [-0.3, -0.25) is 11.3 Å². The molecule has 1 unspecified atom stereocenters. The van der Waals surface area contributed by atoms with Crippen molar-refractivity contribution in [2.45, 2.75) is 19.4 Å².